The highest BCUT2D eigenvalue weighted by molar-refractivity contribution is 9.10. The molecule has 0 bridgehead atoms. The number of halogens is 3. The average molecular weight is 269 g/mol. The van der Waals surface area contributed by atoms with E-state index in [2.05, 4.69) is 15.9 Å². The van der Waals surface area contributed by atoms with Crippen LogP contribution in [0.4, 0.5) is 8.78 Å². The fraction of sp³-hybridized carbons (Fsp3) is 0. The number of benzene rings is 2. The Hall–Kier alpha value is -1.22. The van der Waals surface area contributed by atoms with Crippen molar-refractivity contribution in [2.45, 2.75) is 0 Å². The Kier molecular flexibility index (Phi) is 2.82. The summed E-state index contributed by atoms with van der Waals surface area (Å²) in [6.07, 6.45) is 0. The topological polar surface area (TPSA) is 0 Å². The highest BCUT2D eigenvalue weighted by atomic mass is 79.9. The van der Waals surface area contributed by atoms with Crippen molar-refractivity contribution in [2.24, 2.45) is 0 Å². The molecule has 0 aliphatic carbocycles. The Morgan fingerprint density at radius 2 is 1.60 bits per heavy atom. The van der Waals surface area contributed by atoms with Gasteiger partial charge in [0.1, 0.15) is 11.6 Å². The predicted molar refractivity (Wildman–Crippen MR) is 59.5 cm³/mol. The van der Waals surface area contributed by atoms with Crippen LogP contribution in [0.3, 0.4) is 0 Å². The zero-order chi connectivity index (χ0) is 10.8. The maximum Gasteiger partial charge on any atom is 0.131 e. The summed E-state index contributed by atoms with van der Waals surface area (Å²) >= 11 is 3.21. The summed E-state index contributed by atoms with van der Waals surface area (Å²) in [5.74, 6) is -0.660. The van der Waals surface area contributed by atoms with E-state index in [0.29, 0.717) is 15.6 Å². The number of rotatable bonds is 1. The van der Waals surface area contributed by atoms with Crippen LogP contribution in [0, 0.1) is 11.6 Å². The van der Waals surface area contributed by atoms with Crippen molar-refractivity contribution in [3.8, 4) is 11.1 Å². The molecule has 0 aromatic heterocycles. The molecule has 0 atom stereocenters. The summed E-state index contributed by atoms with van der Waals surface area (Å²) in [6.45, 7) is 0. The van der Waals surface area contributed by atoms with Crippen LogP contribution in [-0.2, 0) is 0 Å². The standard InChI is InChI=1S/C12H7BrF2/c13-11-7-8(14)5-6-9(11)10-3-1-2-4-12(10)15/h1-7H. The van der Waals surface area contributed by atoms with E-state index in [1.54, 1.807) is 24.3 Å². The molecule has 0 heterocycles. The van der Waals surface area contributed by atoms with Gasteiger partial charge in [-0.05, 0) is 23.8 Å². The molecule has 0 nitrogen and oxygen atoms in total. The maximum atomic E-state index is 13.4. The lowest BCUT2D eigenvalue weighted by Gasteiger charge is -2.05. The third-order valence-corrected chi connectivity index (χ3v) is 2.75. The van der Waals surface area contributed by atoms with Crippen molar-refractivity contribution in [3.63, 3.8) is 0 Å². The summed E-state index contributed by atoms with van der Waals surface area (Å²) in [5, 5.41) is 0. The molecule has 0 radical (unpaired) electrons. The van der Waals surface area contributed by atoms with Gasteiger partial charge in [-0.3, -0.25) is 0 Å². The van der Waals surface area contributed by atoms with Gasteiger partial charge in [0.2, 0.25) is 0 Å². The van der Waals surface area contributed by atoms with Gasteiger partial charge in [-0.15, -0.1) is 0 Å². The molecule has 0 spiro atoms. The SMILES string of the molecule is Fc1ccc(-c2ccccc2F)c(Br)c1. The molecule has 2 aromatic carbocycles. The maximum absolute atomic E-state index is 13.4. The Labute approximate surface area is 94.7 Å². The fourth-order valence-corrected chi connectivity index (χ4v) is 1.95. The third kappa shape index (κ3) is 2.07. The van der Waals surface area contributed by atoms with Crippen LogP contribution >= 0.6 is 15.9 Å². The zero-order valence-corrected chi connectivity index (χ0v) is 9.26. The molecule has 2 aromatic rings. The lowest BCUT2D eigenvalue weighted by molar-refractivity contribution is 0.625. The molecule has 0 amide bonds. The first-order valence-electron chi connectivity index (χ1n) is 4.38. The first-order chi connectivity index (χ1) is 7.18. The van der Waals surface area contributed by atoms with Gasteiger partial charge in [-0.1, -0.05) is 40.2 Å². The summed E-state index contributed by atoms with van der Waals surface area (Å²) in [7, 11) is 0. The van der Waals surface area contributed by atoms with E-state index in [0.717, 1.165) is 0 Å². The summed E-state index contributed by atoms with van der Waals surface area (Å²) < 4.78 is 26.8. The van der Waals surface area contributed by atoms with Crippen molar-refractivity contribution in [2.75, 3.05) is 0 Å². The van der Waals surface area contributed by atoms with E-state index in [-0.39, 0.29) is 11.6 Å². The lowest BCUT2D eigenvalue weighted by atomic mass is 10.1. The molecule has 3 heteroatoms. The summed E-state index contributed by atoms with van der Waals surface area (Å²) in [6, 6.07) is 10.6. The smallest absolute Gasteiger partial charge is 0.131 e. The van der Waals surface area contributed by atoms with Gasteiger partial charge < -0.3 is 0 Å². The largest absolute Gasteiger partial charge is 0.207 e. The molecule has 0 saturated carbocycles. The second-order valence-corrected chi connectivity index (χ2v) is 3.96. The molecule has 76 valence electrons. The van der Waals surface area contributed by atoms with Crippen LogP contribution in [0.25, 0.3) is 11.1 Å². The van der Waals surface area contributed by atoms with Gasteiger partial charge in [-0.25, -0.2) is 8.78 Å². The molecule has 0 unspecified atom stereocenters. The molecule has 0 aliphatic rings. The van der Waals surface area contributed by atoms with Gasteiger partial charge in [0.15, 0.2) is 0 Å². The first kappa shape index (κ1) is 10.3. The first-order valence-corrected chi connectivity index (χ1v) is 5.18. The van der Waals surface area contributed by atoms with Crippen molar-refractivity contribution in [1.82, 2.24) is 0 Å². The van der Waals surface area contributed by atoms with Gasteiger partial charge >= 0.3 is 0 Å². The van der Waals surface area contributed by atoms with E-state index in [9.17, 15) is 8.78 Å². The minimum Gasteiger partial charge on any atom is -0.207 e. The molecular formula is C12H7BrF2. The average Bonchev–Trinajstić information content (AvgIpc) is 2.20. The van der Waals surface area contributed by atoms with Crippen LogP contribution in [0.15, 0.2) is 46.9 Å². The van der Waals surface area contributed by atoms with E-state index in [1.165, 1.54) is 18.2 Å². The minimum atomic E-state index is -0.345. The predicted octanol–water partition coefficient (Wildman–Crippen LogP) is 4.39. The van der Waals surface area contributed by atoms with Crippen molar-refractivity contribution in [3.05, 3.63) is 58.6 Å². The van der Waals surface area contributed by atoms with Crippen LogP contribution < -0.4 is 0 Å². The van der Waals surface area contributed by atoms with Gasteiger partial charge in [0, 0.05) is 10.0 Å². The van der Waals surface area contributed by atoms with Crippen molar-refractivity contribution >= 4 is 15.9 Å². The van der Waals surface area contributed by atoms with Crippen molar-refractivity contribution < 1.29 is 8.78 Å². The molecule has 2 rings (SSSR count). The zero-order valence-electron chi connectivity index (χ0n) is 7.68. The monoisotopic (exact) mass is 268 g/mol. The van der Waals surface area contributed by atoms with Crippen molar-refractivity contribution in [1.29, 1.82) is 0 Å². The van der Waals surface area contributed by atoms with Crippen LogP contribution in [0.1, 0.15) is 0 Å². The number of hydrogen-bond acceptors (Lipinski definition) is 0. The molecule has 0 N–H and O–H groups in total. The second kappa shape index (κ2) is 4.11. The quantitative estimate of drug-likeness (QED) is 0.720. The Morgan fingerprint density at radius 3 is 2.27 bits per heavy atom. The van der Waals surface area contributed by atoms with E-state index >= 15 is 0 Å². The Morgan fingerprint density at radius 1 is 0.867 bits per heavy atom. The third-order valence-electron chi connectivity index (χ3n) is 2.10. The minimum absolute atomic E-state index is 0.315. The Bertz CT molecular complexity index is 495. The Balaban J connectivity index is 2.60. The highest BCUT2D eigenvalue weighted by Crippen LogP contribution is 2.30. The van der Waals surface area contributed by atoms with Gasteiger partial charge in [0.05, 0.1) is 0 Å². The number of hydrogen-bond donors (Lipinski definition) is 0. The molecular weight excluding hydrogens is 262 g/mol. The van der Waals surface area contributed by atoms with E-state index in [4.69, 9.17) is 0 Å². The molecule has 0 saturated heterocycles. The molecule has 15 heavy (non-hydrogen) atoms. The van der Waals surface area contributed by atoms with Gasteiger partial charge in [-0.2, -0.15) is 0 Å². The fourth-order valence-electron chi connectivity index (χ4n) is 1.39. The second-order valence-electron chi connectivity index (χ2n) is 3.10. The lowest BCUT2D eigenvalue weighted by Crippen LogP contribution is -1.85. The summed E-state index contributed by atoms with van der Waals surface area (Å²) in [5.41, 5.74) is 1.11. The summed E-state index contributed by atoms with van der Waals surface area (Å²) in [4.78, 5) is 0. The van der Waals surface area contributed by atoms with Crippen LogP contribution in [-0.4, -0.2) is 0 Å². The van der Waals surface area contributed by atoms with Crippen LogP contribution in [0.2, 0.25) is 0 Å². The van der Waals surface area contributed by atoms with Gasteiger partial charge in [0.25, 0.3) is 0 Å². The van der Waals surface area contributed by atoms with E-state index < -0.39 is 0 Å². The molecule has 0 aliphatic heterocycles. The molecule has 0 fully saturated rings. The van der Waals surface area contributed by atoms with Crippen LogP contribution in [0.5, 0.6) is 0 Å². The van der Waals surface area contributed by atoms with E-state index in [1.807, 2.05) is 0 Å². The highest BCUT2D eigenvalue weighted by Gasteiger charge is 2.08. The normalized spacial score (nSPS) is 10.3.